The fourth-order valence-corrected chi connectivity index (χ4v) is 3.17. The van der Waals surface area contributed by atoms with Gasteiger partial charge in [0.25, 0.3) is 0 Å². The molecule has 1 aromatic carbocycles. The highest BCUT2D eigenvalue weighted by Gasteiger charge is 2.28. The molecule has 1 unspecified atom stereocenters. The molecule has 3 rings (SSSR count). The monoisotopic (exact) mass is 330 g/mol. The first-order valence-electron chi connectivity index (χ1n) is 8.17. The molecule has 6 nitrogen and oxygen atoms in total. The van der Waals surface area contributed by atoms with Gasteiger partial charge in [-0.15, -0.1) is 0 Å². The Morgan fingerprint density at radius 1 is 1.46 bits per heavy atom. The Hall–Kier alpha value is -2.34. The minimum Gasteiger partial charge on any atom is -0.497 e. The lowest BCUT2D eigenvalue weighted by Crippen LogP contribution is -2.24. The van der Waals surface area contributed by atoms with E-state index < -0.39 is 0 Å². The smallest absolute Gasteiger partial charge is 0.341 e. The third-order valence-corrected chi connectivity index (χ3v) is 4.40. The molecule has 2 heterocycles. The number of fused-ring (bicyclic) bond motifs is 1. The molecule has 0 saturated carbocycles. The molecular formula is C18H22N2O4. The van der Waals surface area contributed by atoms with Gasteiger partial charge in [0, 0.05) is 37.2 Å². The maximum atomic E-state index is 12.4. The predicted octanol–water partition coefficient (Wildman–Crippen LogP) is 2.24. The van der Waals surface area contributed by atoms with E-state index in [4.69, 9.17) is 9.47 Å². The second kappa shape index (κ2) is 7.05. The fraction of sp³-hybridized carbons (Fsp3) is 0.444. The number of hydrogen-bond acceptors (Lipinski definition) is 6. The van der Waals surface area contributed by atoms with Gasteiger partial charge in [-0.25, -0.2) is 4.79 Å². The third kappa shape index (κ3) is 3.01. The summed E-state index contributed by atoms with van der Waals surface area (Å²) in [4.78, 5) is 18.9. The Kier molecular flexibility index (Phi) is 4.85. The number of aromatic nitrogens is 1. The molecule has 1 N–H and O–H groups in total. The molecule has 128 valence electrons. The van der Waals surface area contributed by atoms with E-state index in [1.54, 1.807) is 20.2 Å². The van der Waals surface area contributed by atoms with E-state index in [0.717, 1.165) is 29.6 Å². The third-order valence-electron chi connectivity index (χ3n) is 4.40. The van der Waals surface area contributed by atoms with Gasteiger partial charge < -0.3 is 19.5 Å². The number of rotatable bonds is 5. The lowest BCUT2D eigenvalue weighted by Gasteiger charge is -2.23. The lowest BCUT2D eigenvalue weighted by atomic mass is 10.1. The molecular weight excluding hydrogens is 308 g/mol. The van der Waals surface area contributed by atoms with Crippen LogP contribution in [0.1, 0.15) is 23.7 Å². The van der Waals surface area contributed by atoms with Gasteiger partial charge in [-0.2, -0.15) is 0 Å². The van der Waals surface area contributed by atoms with Crippen LogP contribution >= 0.6 is 0 Å². The molecule has 0 bridgehead atoms. The van der Waals surface area contributed by atoms with E-state index in [1.165, 1.54) is 0 Å². The molecule has 1 saturated heterocycles. The highest BCUT2D eigenvalue weighted by Crippen LogP contribution is 2.35. The number of methoxy groups -OCH3 is 1. The molecule has 1 atom stereocenters. The topological polar surface area (TPSA) is 71.9 Å². The average Bonchev–Trinajstić information content (AvgIpc) is 3.09. The summed E-state index contributed by atoms with van der Waals surface area (Å²) in [5.74, 6) is 0.551. The molecule has 1 aliphatic rings. The second-order valence-electron chi connectivity index (χ2n) is 5.91. The van der Waals surface area contributed by atoms with Crippen molar-refractivity contribution < 1.29 is 19.4 Å². The van der Waals surface area contributed by atoms with E-state index in [1.807, 2.05) is 18.2 Å². The van der Waals surface area contributed by atoms with E-state index in [9.17, 15) is 9.90 Å². The number of ether oxygens (including phenoxy) is 2. The molecule has 0 aliphatic carbocycles. The zero-order valence-electron chi connectivity index (χ0n) is 14.0. The van der Waals surface area contributed by atoms with Crippen molar-refractivity contribution in [2.24, 2.45) is 5.92 Å². The van der Waals surface area contributed by atoms with Crippen molar-refractivity contribution in [3.63, 3.8) is 0 Å². The van der Waals surface area contributed by atoms with E-state index in [2.05, 4.69) is 9.88 Å². The Balaban J connectivity index is 2.15. The second-order valence-corrected chi connectivity index (χ2v) is 5.91. The van der Waals surface area contributed by atoms with Crippen molar-refractivity contribution in [1.29, 1.82) is 0 Å². The van der Waals surface area contributed by atoms with Gasteiger partial charge in [-0.05, 0) is 31.5 Å². The summed E-state index contributed by atoms with van der Waals surface area (Å²) in [5.41, 5.74) is 2.07. The number of aliphatic hydroxyl groups excluding tert-OH is 1. The number of anilines is 1. The summed E-state index contributed by atoms with van der Waals surface area (Å²) in [7, 11) is 1.61. The Bertz CT molecular complexity index is 747. The molecule has 6 heteroatoms. The zero-order valence-corrected chi connectivity index (χ0v) is 14.0. The van der Waals surface area contributed by atoms with E-state index >= 15 is 0 Å². The molecule has 1 aromatic heterocycles. The maximum absolute atomic E-state index is 12.4. The SMILES string of the molecule is CCOC(=O)c1cnc2ccc(OC)cc2c1N1CCC(CO)C1. The number of aliphatic hydroxyl groups is 1. The van der Waals surface area contributed by atoms with Crippen molar-refractivity contribution in [3.8, 4) is 5.75 Å². The van der Waals surface area contributed by atoms with Crippen molar-refractivity contribution in [2.75, 3.05) is 38.3 Å². The van der Waals surface area contributed by atoms with Crippen molar-refractivity contribution >= 4 is 22.6 Å². The Labute approximate surface area is 141 Å². The summed E-state index contributed by atoms with van der Waals surface area (Å²) in [6.45, 7) is 3.74. The van der Waals surface area contributed by atoms with Crippen LogP contribution < -0.4 is 9.64 Å². The number of esters is 1. The lowest BCUT2D eigenvalue weighted by molar-refractivity contribution is 0.0527. The fourth-order valence-electron chi connectivity index (χ4n) is 3.17. The molecule has 0 spiro atoms. The highest BCUT2D eigenvalue weighted by molar-refractivity contribution is 6.05. The minimum absolute atomic E-state index is 0.150. The van der Waals surface area contributed by atoms with Crippen molar-refractivity contribution in [3.05, 3.63) is 30.0 Å². The number of carbonyl (C=O) groups excluding carboxylic acids is 1. The van der Waals surface area contributed by atoms with Crippen LogP contribution in [0.5, 0.6) is 5.75 Å². The minimum atomic E-state index is -0.378. The zero-order chi connectivity index (χ0) is 17.1. The van der Waals surface area contributed by atoms with Crippen molar-refractivity contribution in [2.45, 2.75) is 13.3 Å². The number of nitrogens with zero attached hydrogens (tertiary/aromatic N) is 2. The number of hydrogen-bond donors (Lipinski definition) is 1. The van der Waals surface area contributed by atoms with Crippen LogP contribution in [0.2, 0.25) is 0 Å². The first-order chi connectivity index (χ1) is 11.7. The maximum Gasteiger partial charge on any atom is 0.341 e. The van der Waals surface area contributed by atoms with Gasteiger partial charge in [-0.1, -0.05) is 0 Å². The first-order valence-corrected chi connectivity index (χ1v) is 8.17. The number of carbonyl (C=O) groups is 1. The largest absolute Gasteiger partial charge is 0.497 e. The standard InChI is InChI=1S/C18H22N2O4/c1-3-24-18(22)15-9-19-16-5-4-13(23-2)8-14(16)17(15)20-7-6-12(10-20)11-21/h4-5,8-9,12,21H,3,6-7,10-11H2,1-2H3. The summed E-state index contributed by atoms with van der Waals surface area (Å²) in [5, 5.41) is 10.3. The average molecular weight is 330 g/mol. The first kappa shape index (κ1) is 16.5. The normalized spacial score (nSPS) is 17.3. The van der Waals surface area contributed by atoms with E-state index in [-0.39, 0.29) is 18.5 Å². The molecule has 24 heavy (non-hydrogen) atoms. The van der Waals surface area contributed by atoms with Gasteiger partial charge in [0.1, 0.15) is 11.3 Å². The van der Waals surface area contributed by atoms with Gasteiger partial charge in [0.15, 0.2) is 0 Å². The van der Waals surface area contributed by atoms with Gasteiger partial charge in [-0.3, -0.25) is 4.98 Å². The molecule has 0 amide bonds. The van der Waals surface area contributed by atoms with Crippen LogP contribution in [-0.4, -0.2) is 49.5 Å². The van der Waals surface area contributed by atoms with Crippen LogP contribution in [0.3, 0.4) is 0 Å². The van der Waals surface area contributed by atoms with Gasteiger partial charge in [0.2, 0.25) is 0 Å². The van der Waals surface area contributed by atoms with Crippen LogP contribution in [0, 0.1) is 5.92 Å². The summed E-state index contributed by atoms with van der Waals surface area (Å²) >= 11 is 0. The van der Waals surface area contributed by atoms with Gasteiger partial charge in [0.05, 0.1) is 24.9 Å². The Morgan fingerprint density at radius 2 is 2.29 bits per heavy atom. The van der Waals surface area contributed by atoms with Crippen LogP contribution in [0.4, 0.5) is 5.69 Å². The highest BCUT2D eigenvalue weighted by atomic mass is 16.5. The van der Waals surface area contributed by atoms with Crippen LogP contribution in [0.25, 0.3) is 10.9 Å². The Morgan fingerprint density at radius 3 is 2.96 bits per heavy atom. The van der Waals surface area contributed by atoms with Crippen LogP contribution in [-0.2, 0) is 4.74 Å². The molecule has 1 fully saturated rings. The summed E-state index contributed by atoms with van der Waals surface area (Å²) in [6, 6.07) is 5.63. The summed E-state index contributed by atoms with van der Waals surface area (Å²) < 4.78 is 10.5. The molecule has 0 radical (unpaired) electrons. The predicted molar refractivity (Wildman–Crippen MR) is 91.7 cm³/mol. The van der Waals surface area contributed by atoms with E-state index in [0.29, 0.717) is 24.5 Å². The quantitative estimate of drug-likeness (QED) is 0.848. The van der Waals surface area contributed by atoms with Gasteiger partial charge >= 0.3 is 5.97 Å². The molecule has 1 aliphatic heterocycles. The number of pyridine rings is 1. The van der Waals surface area contributed by atoms with Crippen molar-refractivity contribution in [1.82, 2.24) is 4.98 Å². The van der Waals surface area contributed by atoms with Crippen LogP contribution in [0.15, 0.2) is 24.4 Å². The summed E-state index contributed by atoms with van der Waals surface area (Å²) in [6.07, 6.45) is 2.47. The number of benzene rings is 1. The molecule has 2 aromatic rings.